The van der Waals surface area contributed by atoms with E-state index in [1.165, 1.54) is 23.4 Å². The first-order valence-electron chi connectivity index (χ1n) is 14.4. The number of nitrogens with zero attached hydrogens (tertiary/aromatic N) is 3. The first kappa shape index (κ1) is 25.9. The molecule has 1 aromatic rings. The summed E-state index contributed by atoms with van der Waals surface area (Å²) in [4.78, 5) is 8.54. The van der Waals surface area contributed by atoms with Gasteiger partial charge in [-0.15, -0.1) is 0 Å². The molecule has 214 valence electrons. The molecule has 3 saturated heterocycles. The molecule has 39 heavy (non-hydrogen) atoms. The van der Waals surface area contributed by atoms with Crippen molar-refractivity contribution in [3.63, 3.8) is 0 Å². The topological polar surface area (TPSA) is 152 Å². The van der Waals surface area contributed by atoms with E-state index in [-0.39, 0.29) is 18.4 Å². The second-order valence-electron chi connectivity index (χ2n) is 12.2. The van der Waals surface area contributed by atoms with Gasteiger partial charge in [0.2, 0.25) is 0 Å². The van der Waals surface area contributed by atoms with E-state index < -0.39 is 24.5 Å². The van der Waals surface area contributed by atoms with Crippen molar-refractivity contribution in [2.75, 3.05) is 50.8 Å². The van der Waals surface area contributed by atoms with Crippen molar-refractivity contribution in [3.8, 4) is 0 Å². The minimum Gasteiger partial charge on any atom is -0.387 e. The highest BCUT2D eigenvalue weighted by Crippen LogP contribution is 2.39. The molecule has 5 aliphatic heterocycles. The molecule has 0 aromatic heterocycles. The number of aliphatic hydroxyl groups is 2. The van der Waals surface area contributed by atoms with E-state index in [4.69, 9.17) is 15.2 Å². The van der Waals surface area contributed by atoms with E-state index in [0.29, 0.717) is 43.6 Å². The lowest BCUT2D eigenvalue weighted by atomic mass is 9.76. The molecule has 1 saturated carbocycles. The van der Waals surface area contributed by atoms with E-state index in [1.807, 2.05) is 4.90 Å². The van der Waals surface area contributed by atoms with Gasteiger partial charge in [0.25, 0.3) is 0 Å². The highest BCUT2D eigenvalue weighted by Gasteiger charge is 2.51. The number of fused-ring (bicyclic) bond motifs is 2. The maximum Gasteiger partial charge on any atom is 0.142 e. The van der Waals surface area contributed by atoms with Crippen LogP contribution in [0.2, 0.25) is 0 Å². The van der Waals surface area contributed by atoms with E-state index in [9.17, 15) is 10.2 Å². The standard InChI is InChI=1S/C27H42N8O4/c1-34(9-20-23(36)24(37)27(39-20)35-13-31-22-25(28)29-12-30-26(22)35)17-6-14(7-17)2-5-21-32-18-4-3-15(8-19(18)33-21)16-10-38-11-16/h3-4,8,14,16-17,20-24,26-27,30-33,36-37H,2,5-7,9-13H2,1H3,(H2,28,29)/t14-,17-,20-,21?,22?,23-,24-,26?,27-/m1/s1. The smallest absolute Gasteiger partial charge is 0.142 e. The molecule has 0 radical (unpaired) electrons. The normalized spacial score (nSPS) is 39.9. The largest absolute Gasteiger partial charge is 0.387 e. The van der Waals surface area contributed by atoms with Gasteiger partial charge in [-0.2, -0.15) is 0 Å². The van der Waals surface area contributed by atoms with Gasteiger partial charge in [0.1, 0.15) is 30.4 Å². The number of likely N-dealkylation sites (N-methyl/N-ethyl adjacent to an activating group) is 1. The Morgan fingerprint density at radius 3 is 2.72 bits per heavy atom. The minimum absolute atomic E-state index is 0.116. The first-order valence-corrected chi connectivity index (χ1v) is 14.4. The summed E-state index contributed by atoms with van der Waals surface area (Å²) >= 11 is 0. The average molecular weight is 543 g/mol. The maximum atomic E-state index is 10.8. The van der Waals surface area contributed by atoms with Gasteiger partial charge < -0.3 is 41.0 Å². The minimum atomic E-state index is -0.978. The van der Waals surface area contributed by atoms with Gasteiger partial charge in [-0.05, 0) is 56.3 Å². The molecule has 0 bridgehead atoms. The van der Waals surface area contributed by atoms with Gasteiger partial charge in [-0.3, -0.25) is 15.6 Å². The zero-order valence-corrected chi connectivity index (χ0v) is 22.5. The monoisotopic (exact) mass is 542 g/mol. The lowest BCUT2D eigenvalue weighted by Gasteiger charge is -2.42. The van der Waals surface area contributed by atoms with E-state index in [0.717, 1.165) is 32.5 Å². The number of rotatable bonds is 8. The van der Waals surface area contributed by atoms with Crippen LogP contribution in [0.15, 0.2) is 23.2 Å². The fourth-order valence-electron chi connectivity index (χ4n) is 7.01. The molecule has 0 amide bonds. The van der Waals surface area contributed by atoms with Crippen LogP contribution in [0.1, 0.15) is 37.2 Å². The van der Waals surface area contributed by atoms with Crippen LogP contribution in [0.25, 0.3) is 0 Å². The SMILES string of the molecule is CN(C[C@H]1O[C@@H](N2CNC3C(N)=NCNC32)[C@H](O)[C@@H]1O)[C@H]1C[C@H](CCC2Nc3ccc(C4COC4)cc3N2)C1. The van der Waals surface area contributed by atoms with Crippen LogP contribution < -0.4 is 27.0 Å². The molecule has 12 heteroatoms. The number of hydrogen-bond acceptors (Lipinski definition) is 12. The molecular weight excluding hydrogens is 500 g/mol. The maximum absolute atomic E-state index is 10.8. The number of ether oxygens (including phenoxy) is 2. The molecule has 8 N–H and O–H groups in total. The van der Waals surface area contributed by atoms with Crippen LogP contribution in [0, 0.1) is 5.92 Å². The van der Waals surface area contributed by atoms with E-state index in [1.54, 1.807) is 0 Å². The summed E-state index contributed by atoms with van der Waals surface area (Å²) in [6.45, 7) is 3.20. The molecule has 12 nitrogen and oxygen atoms in total. The van der Waals surface area contributed by atoms with E-state index >= 15 is 0 Å². The van der Waals surface area contributed by atoms with Gasteiger partial charge in [-0.25, -0.2) is 4.90 Å². The number of benzene rings is 1. The molecule has 7 atom stereocenters. The Morgan fingerprint density at radius 1 is 1.10 bits per heavy atom. The van der Waals surface area contributed by atoms with Crippen molar-refractivity contribution < 1.29 is 19.7 Å². The number of anilines is 2. The molecule has 7 rings (SSSR count). The van der Waals surface area contributed by atoms with Crippen molar-refractivity contribution in [2.45, 2.75) is 80.6 Å². The second-order valence-corrected chi connectivity index (χ2v) is 12.2. The Balaban J connectivity index is 0.854. The Morgan fingerprint density at radius 2 is 1.92 bits per heavy atom. The van der Waals surface area contributed by atoms with Crippen molar-refractivity contribution >= 4 is 17.2 Å². The molecular formula is C27H42N8O4. The zero-order valence-electron chi connectivity index (χ0n) is 22.5. The van der Waals surface area contributed by atoms with Crippen LogP contribution in [-0.4, -0.2) is 115 Å². The number of aliphatic imine (C=N–C) groups is 1. The van der Waals surface area contributed by atoms with Crippen LogP contribution in [0.3, 0.4) is 0 Å². The summed E-state index contributed by atoms with van der Waals surface area (Å²) in [7, 11) is 2.10. The number of aliphatic hydroxyl groups excluding tert-OH is 2. The lowest BCUT2D eigenvalue weighted by molar-refractivity contribution is -0.105. The summed E-state index contributed by atoms with van der Waals surface area (Å²) in [5.41, 5.74) is 9.82. The Labute approximate surface area is 229 Å². The highest BCUT2D eigenvalue weighted by atomic mass is 16.6. The van der Waals surface area contributed by atoms with Crippen LogP contribution >= 0.6 is 0 Å². The fraction of sp³-hybridized carbons (Fsp3) is 0.741. The van der Waals surface area contributed by atoms with Gasteiger partial charge in [0.15, 0.2) is 0 Å². The third-order valence-electron chi connectivity index (χ3n) is 9.69. The van der Waals surface area contributed by atoms with Crippen molar-refractivity contribution in [3.05, 3.63) is 23.8 Å². The molecule has 5 heterocycles. The summed E-state index contributed by atoms with van der Waals surface area (Å²) in [5.74, 6) is 1.80. The average Bonchev–Trinajstić information content (AvgIpc) is 3.54. The van der Waals surface area contributed by atoms with Crippen molar-refractivity contribution in [1.82, 2.24) is 20.4 Å². The molecule has 0 spiro atoms. The third-order valence-corrected chi connectivity index (χ3v) is 9.69. The molecule has 6 aliphatic rings. The Hall–Kier alpha value is -2.03. The summed E-state index contributed by atoms with van der Waals surface area (Å²) in [6.07, 6.45) is 1.79. The quantitative estimate of drug-likeness (QED) is 0.225. The molecule has 1 aromatic carbocycles. The first-order chi connectivity index (χ1) is 18.9. The van der Waals surface area contributed by atoms with Gasteiger partial charge >= 0.3 is 0 Å². The Bertz CT molecular complexity index is 1080. The summed E-state index contributed by atoms with van der Waals surface area (Å²) in [6, 6.07) is 7.05. The predicted octanol–water partition coefficient (Wildman–Crippen LogP) is -0.623. The molecule has 3 unspecified atom stereocenters. The number of nitrogens with one attached hydrogen (secondary N) is 4. The third kappa shape index (κ3) is 4.80. The van der Waals surface area contributed by atoms with Gasteiger partial charge in [-0.1, -0.05) is 6.07 Å². The van der Waals surface area contributed by atoms with Gasteiger partial charge in [0.05, 0.1) is 56.3 Å². The fourth-order valence-corrected chi connectivity index (χ4v) is 7.01. The number of amidine groups is 1. The Kier molecular flexibility index (Phi) is 6.92. The predicted molar refractivity (Wildman–Crippen MR) is 147 cm³/mol. The molecule has 1 aliphatic carbocycles. The van der Waals surface area contributed by atoms with Gasteiger partial charge in [0, 0.05) is 18.5 Å². The molecule has 4 fully saturated rings. The number of hydrogen-bond donors (Lipinski definition) is 7. The lowest BCUT2D eigenvalue weighted by Crippen LogP contribution is -2.59. The summed E-state index contributed by atoms with van der Waals surface area (Å²) < 4.78 is 11.6. The van der Waals surface area contributed by atoms with Crippen LogP contribution in [0.5, 0.6) is 0 Å². The van der Waals surface area contributed by atoms with E-state index in [2.05, 4.69) is 56.4 Å². The van der Waals surface area contributed by atoms with Crippen LogP contribution in [-0.2, 0) is 9.47 Å². The second kappa shape index (κ2) is 10.4. The number of nitrogens with two attached hydrogens (primary N) is 1. The zero-order chi connectivity index (χ0) is 26.7. The van der Waals surface area contributed by atoms with Crippen LogP contribution in [0.4, 0.5) is 11.4 Å². The van der Waals surface area contributed by atoms with Crippen molar-refractivity contribution in [1.29, 1.82) is 0 Å². The summed E-state index contributed by atoms with van der Waals surface area (Å²) in [5, 5.41) is 35.6. The highest BCUT2D eigenvalue weighted by molar-refractivity contribution is 5.87. The van der Waals surface area contributed by atoms with Crippen molar-refractivity contribution in [2.24, 2.45) is 16.6 Å².